The van der Waals surface area contributed by atoms with Gasteiger partial charge in [-0.05, 0) is 38.4 Å². The number of halogens is 1. The summed E-state index contributed by atoms with van der Waals surface area (Å²) in [6.07, 6.45) is 1.85. The molecule has 0 unspecified atom stereocenters. The number of hydrogen-bond acceptors (Lipinski definition) is 4. The maximum absolute atomic E-state index is 13.9. The molecule has 5 nitrogen and oxygen atoms in total. The molecule has 1 heterocycles. The van der Waals surface area contributed by atoms with Gasteiger partial charge in [-0.25, -0.2) is 4.39 Å². The average Bonchev–Trinajstić information content (AvgIpc) is 2.40. The van der Waals surface area contributed by atoms with Crippen LogP contribution in [0.15, 0.2) is 18.2 Å². The Morgan fingerprint density at radius 1 is 1.47 bits per heavy atom. The highest BCUT2D eigenvalue weighted by molar-refractivity contribution is 5.64. The van der Waals surface area contributed by atoms with Crippen molar-refractivity contribution in [3.63, 3.8) is 0 Å². The first kappa shape index (κ1) is 13.7. The highest BCUT2D eigenvalue weighted by Crippen LogP contribution is 2.33. The third-order valence-electron chi connectivity index (χ3n) is 3.59. The maximum Gasteiger partial charge on any atom is 0.295 e. The van der Waals surface area contributed by atoms with Crippen molar-refractivity contribution < 1.29 is 9.31 Å². The van der Waals surface area contributed by atoms with Crippen LogP contribution in [0.5, 0.6) is 0 Å². The van der Waals surface area contributed by atoms with Crippen LogP contribution in [0.2, 0.25) is 0 Å². The molecule has 0 aromatic heterocycles. The molecular weight excluding hydrogens is 249 g/mol. The van der Waals surface area contributed by atoms with Crippen LogP contribution in [-0.2, 0) is 0 Å². The number of piperidine rings is 1. The predicted octanol–water partition coefficient (Wildman–Crippen LogP) is 2.17. The smallest absolute Gasteiger partial charge is 0.295 e. The summed E-state index contributed by atoms with van der Waals surface area (Å²) < 4.78 is 13.9. The Hall–Kier alpha value is -1.69. The van der Waals surface area contributed by atoms with Crippen LogP contribution in [0.25, 0.3) is 0 Å². The molecule has 1 aliphatic rings. The molecule has 104 valence electrons. The molecule has 1 fully saturated rings. The quantitative estimate of drug-likeness (QED) is 0.671. The Kier molecular flexibility index (Phi) is 4.31. The van der Waals surface area contributed by atoms with Gasteiger partial charge < -0.3 is 10.2 Å². The number of hydrogen-bond donors (Lipinski definition) is 1. The third kappa shape index (κ3) is 3.01. The van der Waals surface area contributed by atoms with Gasteiger partial charge in [0.2, 0.25) is 0 Å². The van der Waals surface area contributed by atoms with Crippen LogP contribution < -0.4 is 10.2 Å². The summed E-state index contributed by atoms with van der Waals surface area (Å²) in [6, 6.07) is 4.02. The summed E-state index contributed by atoms with van der Waals surface area (Å²) in [6.45, 7) is 2.26. The summed E-state index contributed by atoms with van der Waals surface area (Å²) in [5.41, 5.74) is -0.0116. The minimum atomic E-state index is -0.516. The fraction of sp³-hybridized carbons (Fsp3) is 0.538. The molecule has 6 heteroatoms. The Morgan fingerprint density at radius 3 is 2.74 bits per heavy atom. The largest absolute Gasteiger partial charge is 0.364 e. The predicted molar refractivity (Wildman–Crippen MR) is 71.9 cm³/mol. The first-order valence-electron chi connectivity index (χ1n) is 6.46. The van der Waals surface area contributed by atoms with E-state index in [1.165, 1.54) is 18.2 Å². The molecule has 1 aromatic carbocycles. The number of nitro groups is 1. The van der Waals surface area contributed by atoms with Crippen molar-refractivity contribution >= 4 is 11.4 Å². The summed E-state index contributed by atoms with van der Waals surface area (Å²) in [4.78, 5) is 12.3. The normalized spacial score (nSPS) is 16.6. The lowest BCUT2D eigenvalue weighted by Crippen LogP contribution is -2.37. The van der Waals surface area contributed by atoms with Gasteiger partial charge in [0.15, 0.2) is 11.5 Å². The molecule has 0 saturated carbocycles. The zero-order chi connectivity index (χ0) is 13.8. The maximum atomic E-state index is 13.9. The second-order valence-electron chi connectivity index (χ2n) is 4.85. The molecule has 1 aromatic rings. The van der Waals surface area contributed by atoms with Gasteiger partial charge in [-0.2, -0.15) is 0 Å². The van der Waals surface area contributed by atoms with Crippen LogP contribution in [0, 0.1) is 21.8 Å². The first-order valence-corrected chi connectivity index (χ1v) is 6.46. The van der Waals surface area contributed by atoms with Gasteiger partial charge in [0.25, 0.3) is 5.69 Å². The van der Waals surface area contributed by atoms with Gasteiger partial charge in [0.1, 0.15) is 0 Å². The van der Waals surface area contributed by atoms with E-state index in [0.717, 1.165) is 19.4 Å². The summed E-state index contributed by atoms with van der Waals surface area (Å²) in [5.74, 6) is 0.0494. The van der Waals surface area contributed by atoms with Crippen molar-refractivity contribution in [2.75, 3.05) is 31.6 Å². The Balaban J connectivity index is 2.17. The lowest BCUT2D eigenvalue weighted by molar-refractivity contribution is -0.384. The van der Waals surface area contributed by atoms with E-state index in [2.05, 4.69) is 5.32 Å². The van der Waals surface area contributed by atoms with Gasteiger partial charge in [0, 0.05) is 19.2 Å². The van der Waals surface area contributed by atoms with Crippen molar-refractivity contribution in [2.45, 2.75) is 12.8 Å². The fourth-order valence-corrected chi connectivity index (χ4v) is 2.61. The van der Waals surface area contributed by atoms with Crippen molar-refractivity contribution in [1.82, 2.24) is 5.32 Å². The lowest BCUT2D eigenvalue weighted by Gasteiger charge is -2.33. The van der Waals surface area contributed by atoms with E-state index in [9.17, 15) is 14.5 Å². The van der Waals surface area contributed by atoms with Gasteiger partial charge >= 0.3 is 0 Å². The highest BCUT2D eigenvalue weighted by atomic mass is 19.1. The second kappa shape index (κ2) is 5.97. The lowest BCUT2D eigenvalue weighted by atomic mass is 9.96. The number of benzene rings is 1. The summed E-state index contributed by atoms with van der Waals surface area (Å²) >= 11 is 0. The molecule has 0 aliphatic carbocycles. The Bertz CT molecular complexity index is 459. The molecule has 19 heavy (non-hydrogen) atoms. The SMILES string of the molecule is CNCC1CCN(c2c(F)cccc2[N+](=O)[O-])CC1. The Labute approximate surface area is 111 Å². The molecule has 1 aliphatic heterocycles. The van der Waals surface area contributed by atoms with E-state index in [1.807, 2.05) is 7.05 Å². The third-order valence-corrected chi connectivity index (χ3v) is 3.59. The molecule has 0 radical (unpaired) electrons. The molecule has 1 saturated heterocycles. The monoisotopic (exact) mass is 267 g/mol. The van der Waals surface area contributed by atoms with E-state index in [4.69, 9.17) is 0 Å². The molecule has 2 rings (SSSR count). The second-order valence-corrected chi connectivity index (χ2v) is 4.85. The first-order chi connectivity index (χ1) is 9.13. The number of rotatable bonds is 4. The molecular formula is C13H18FN3O2. The molecule has 0 atom stereocenters. The van der Waals surface area contributed by atoms with E-state index >= 15 is 0 Å². The van der Waals surface area contributed by atoms with Crippen molar-refractivity contribution in [3.05, 3.63) is 34.1 Å². The van der Waals surface area contributed by atoms with Crippen LogP contribution in [0.3, 0.4) is 0 Å². The van der Waals surface area contributed by atoms with E-state index in [0.29, 0.717) is 19.0 Å². The molecule has 1 N–H and O–H groups in total. The van der Waals surface area contributed by atoms with Gasteiger partial charge in [-0.1, -0.05) is 6.07 Å². The average molecular weight is 267 g/mol. The summed E-state index contributed by atoms with van der Waals surface area (Å²) in [7, 11) is 1.91. The van der Waals surface area contributed by atoms with Crippen molar-refractivity contribution in [3.8, 4) is 0 Å². The van der Waals surface area contributed by atoms with Gasteiger partial charge in [-0.3, -0.25) is 10.1 Å². The number of nitrogens with zero attached hydrogens (tertiary/aromatic N) is 2. The van der Waals surface area contributed by atoms with Crippen molar-refractivity contribution in [2.24, 2.45) is 5.92 Å². The number of anilines is 1. The minimum Gasteiger partial charge on any atom is -0.364 e. The van der Waals surface area contributed by atoms with Crippen LogP contribution in [-0.4, -0.2) is 31.6 Å². The van der Waals surface area contributed by atoms with Gasteiger partial charge in [0.05, 0.1) is 4.92 Å². The zero-order valence-electron chi connectivity index (χ0n) is 10.9. The standard InChI is InChI=1S/C13H18FN3O2/c1-15-9-10-5-7-16(8-6-10)13-11(14)3-2-4-12(13)17(18)19/h2-4,10,15H,5-9H2,1H3. The molecule has 0 bridgehead atoms. The summed E-state index contributed by atoms with van der Waals surface area (Å²) in [5, 5.41) is 14.1. The van der Waals surface area contributed by atoms with Crippen LogP contribution in [0.4, 0.5) is 15.8 Å². The molecule has 0 amide bonds. The minimum absolute atomic E-state index is 0.135. The Morgan fingerprint density at radius 2 is 2.16 bits per heavy atom. The van der Waals surface area contributed by atoms with Crippen molar-refractivity contribution in [1.29, 1.82) is 0 Å². The van der Waals surface area contributed by atoms with E-state index < -0.39 is 10.7 Å². The van der Waals surface area contributed by atoms with Gasteiger partial charge in [-0.15, -0.1) is 0 Å². The highest BCUT2D eigenvalue weighted by Gasteiger charge is 2.27. The van der Waals surface area contributed by atoms with Crippen LogP contribution >= 0.6 is 0 Å². The topological polar surface area (TPSA) is 58.4 Å². The number of nitro benzene ring substituents is 1. The van der Waals surface area contributed by atoms with E-state index in [1.54, 1.807) is 4.90 Å². The van der Waals surface area contributed by atoms with E-state index in [-0.39, 0.29) is 11.4 Å². The molecule has 0 spiro atoms. The van der Waals surface area contributed by atoms with Crippen LogP contribution in [0.1, 0.15) is 12.8 Å². The number of nitrogens with one attached hydrogen (secondary N) is 1. The fourth-order valence-electron chi connectivity index (χ4n) is 2.61. The zero-order valence-corrected chi connectivity index (χ0v) is 10.9. The number of para-hydroxylation sites is 1.